The standard InChI is InChI=1S/C18H29NO3/c1-3-15(17(21)22)4-11(2)16(20)19-18-8-12-5-13(9-18)7-14(6-12)10-18/h11-15H,3-10H2,1-2H3,(H,19,20)(H,21,22). The van der Waals surface area contributed by atoms with Crippen LogP contribution in [0.1, 0.15) is 65.2 Å². The molecule has 4 heteroatoms. The molecular weight excluding hydrogens is 278 g/mol. The van der Waals surface area contributed by atoms with Crippen molar-refractivity contribution in [2.45, 2.75) is 70.8 Å². The van der Waals surface area contributed by atoms with E-state index in [9.17, 15) is 14.7 Å². The Hall–Kier alpha value is -1.06. The third-order valence-corrected chi connectivity index (χ3v) is 6.35. The number of hydrogen-bond acceptors (Lipinski definition) is 2. The molecule has 4 bridgehead atoms. The molecular formula is C18H29NO3. The first-order chi connectivity index (χ1) is 10.4. The van der Waals surface area contributed by atoms with Crippen molar-refractivity contribution in [1.29, 1.82) is 0 Å². The Morgan fingerprint density at radius 3 is 2.05 bits per heavy atom. The molecule has 2 N–H and O–H groups in total. The van der Waals surface area contributed by atoms with Gasteiger partial charge >= 0.3 is 5.97 Å². The van der Waals surface area contributed by atoms with Gasteiger partial charge in [-0.15, -0.1) is 0 Å². The summed E-state index contributed by atoms with van der Waals surface area (Å²) >= 11 is 0. The number of rotatable bonds is 6. The van der Waals surface area contributed by atoms with Crippen molar-refractivity contribution >= 4 is 11.9 Å². The molecule has 4 saturated carbocycles. The predicted molar refractivity (Wildman–Crippen MR) is 84.2 cm³/mol. The van der Waals surface area contributed by atoms with E-state index in [1.165, 1.54) is 19.3 Å². The molecule has 2 atom stereocenters. The van der Waals surface area contributed by atoms with Crippen molar-refractivity contribution in [3.8, 4) is 0 Å². The number of amides is 1. The van der Waals surface area contributed by atoms with Gasteiger partial charge in [0.25, 0.3) is 0 Å². The van der Waals surface area contributed by atoms with Gasteiger partial charge in [0.05, 0.1) is 5.92 Å². The molecule has 0 saturated heterocycles. The van der Waals surface area contributed by atoms with Crippen molar-refractivity contribution in [3.05, 3.63) is 0 Å². The van der Waals surface area contributed by atoms with Gasteiger partial charge in [0.15, 0.2) is 0 Å². The highest BCUT2D eigenvalue weighted by Crippen LogP contribution is 2.55. The molecule has 4 nitrogen and oxygen atoms in total. The van der Waals surface area contributed by atoms with Gasteiger partial charge in [-0.05, 0) is 69.1 Å². The number of aliphatic carboxylic acids is 1. The smallest absolute Gasteiger partial charge is 0.306 e. The van der Waals surface area contributed by atoms with Gasteiger partial charge in [-0.2, -0.15) is 0 Å². The maximum Gasteiger partial charge on any atom is 0.306 e. The van der Waals surface area contributed by atoms with E-state index in [1.54, 1.807) is 0 Å². The molecule has 0 spiro atoms. The Labute approximate surface area is 133 Å². The van der Waals surface area contributed by atoms with E-state index in [0.29, 0.717) is 12.8 Å². The molecule has 4 aliphatic rings. The van der Waals surface area contributed by atoms with Crippen LogP contribution in [0.2, 0.25) is 0 Å². The van der Waals surface area contributed by atoms with Crippen LogP contribution in [0.5, 0.6) is 0 Å². The highest BCUT2D eigenvalue weighted by molar-refractivity contribution is 5.80. The maximum absolute atomic E-state index is 12.6. The summed E-state index contributed by atoms with van der Waals surface area (Å²) in [6, 6.07) is 0. The second-order valence-corrected chi connectivity index (χ2v) is 8.27. The van der Waals surface area contributed by atoms with Gasteiger partial charge < -0.3 is 10.4 Å². The van der Waals surface area contributed by atoms with Crippen molar-refractivity contribution in [2.24, 2.45) is 29.6 Å². The van der Waals surface area contributed by atoms with Crippen LogP contribution in [-0.4, -0.2) is 22.5 Å². The fraction of sp³-hybridized carbons (Fsp3) is 0.889. The summed E-state index contributed by atoms with van der Waals surface area (Å²) in [4.78, 5) is 23.8. The Morgan fingerprint density at radius 2 is 1.64 bits per heavy atom. The molecule has 0 aromatic rings. The van der Waals surface area contributed by atoms with Gasteiger partial charge in [0, 0.05) is 11.5 Å². The van der Waals surface area contributed by atoms with E-state index in [-0.39, 0.29) is 17.4 Å². The van der Waals surface area contributed by atoms with Gasteiger partial charge in [-0.25, -0.2) is 0 Å². The first-order valence-electron chi connectivity index (χ1n) is 8.95. The van der Waals surface area contributed by atoms with Crippen molar-refractivity contribution in [1.82, 2.24) is 5.32 Å². The summed E-state index contributed by atoms with van der Waals surface area (Å²) in [5, 5.41) is 12.5. The Kier molecular flexibility index (Phi) is 4.21. The molecule has 4 aliphatic carbocycles. The summed E-state index contributed by atoms with van der Waals surface area (Å²) in [5.74, 6) is 1.10. The van der Waals surface area contributed by atoms with Crippen molar-refractivity contribution < 1.29 is 14.7 Å². The third kappa shape index (κ3) is 3.02. The van der Waals surface area contributed by atoms with Gasteiger partial charge in [0.1, 0.15) is 0 Å². The zero-order valence-electron chi connectivity index (χ0n) is 13.8. The highest BCUT2D eigenvalue weighted by Gasteiger charge is 2.51. The van der Waals surface area contributed by atoms with Crippen molar-refractivity contribution in [2.75, 3.05) is 0 Å². The van der Waals surface area contributed by atoms with Gasteiger partial charge in [-0.1, -0.05) is 13.8 Å². The molecule has 22 heavy (non-hydrogen) atoms. The molecule has 4 rings (SSSR count). The number of carbonyl (C=O) groups is 2. The van der Waals surface area contributed by atoms with Crippen LogP contribution in [0.25, 0.3) is 0 Å². The Morgan fingerprint density at radius 1 is 1.14 bits per heavy atom. The summed E-state index contributed by atoms with van der Waals surface area (Å²) < 4.78 is 0. The van der Waals surface area contributed by atoms with Crippen LogP contribution in [-0.2, 0) is 9.59 Å². The van der Waals surface area contributed by atoms with E-state index >= 15 is 0 Å². The average Bonchev–Trinajstić information content (AvgIpc) is 2.41. The first-order valence-corrected chi connectivity index (χ1v) is 8.95. The number of carbonyl (C=O) groups excluding carboxylic acids is 1. The molecule has 0 aromatic carbocycles. The lowest BCUT2D eigenvalue weighted by molar-refractivity contribution is -0.143. The number of carboxylic acids is 1. The normalized spacial score (nSPS) is 38.5. The SMILES string of the molecule is CCC(CC(C)C(=O)NC12CC3CC(CC(C3)C1)C2)C(=O)O. The lowest BCUT2D eigenvalue weighted by Gasteiger charge is -2.57. The van der Waals surface area contributed by atoms with Crippen LogP contribution in [0.15, 0.2) is 0 Å². The van der Waals surface area contributed by atoms with Crippen LogP contribution in [0.4, 0.5) is 0 Å². The lowest BCUT2D eigenvalue weighted by Crippen LogP contribution is -2.60. The maximum atomic E-state index is 12.6. The van der Waals surface area contributed by atoms with Crippen LogP contribution >= 0.6 is 0 Å². The van der Waals surface area contributed by atoms with Gasteiger partial charge in [0.2, 0.25) is 5.91 Å². The van der Waals surface area contributed by atoms with Gasteiger partial charge in [-0.3, -0.25) is 9.59 Å². The zero-order chi connectivity index (χ0) is 15.9. The molecule has 2 unspecified atom stereocenters. The minimum atomic E-state index is -0.781. The van der Waals surface area contributed by atoms with E-state index in [2.05, 4.69) is 5.32 Å². The minimum absolute atomic E-state index is 0.0328. The fourth-order valence-electron chi connectivity index (χ4n) is 5.62. The van der Waals surface area contributed by atoms with Crippen molar-refractivity contribution in [3.63, 3.8) is 0 Å². The number of carboxylic acid groups (broad SMARTS) is 1. The molecule has 4 fully saturated rings. The predicted octanol–water partition coefficient (Wildman–Crippen LogP) is 3.21. The topological polar surface area (TPSA) is 66.4 Å². The van der Waals surface area contributed by atoms with Crippen LogP contribution < -0.4 is 5.32 Å². The minimum Gasteiger partial charge on any atom is -0.481 e. The molecule has 0 aromatic heterocycles. The fourth-order valence-corrected chi connectivity index (χ4v) is 5.62. The average molecular weight is 307 g/mol. The lowest BCUT2D eigenvalue weighted by atomic mass is 9.53. The second kappa shape index (κ2) is 5.86. The zero-order valence-corrected chi connectivity index (χ0v) is 13.8. The molecule has 124 valence electrons. The molecule has 0 heterocycles. The van der Waals surface area contributed by atoms with E-state index in [4.69, 9.17) is 0 Å². The quantitative estimate of drug-likeness (QED) is 0.792. The summed E-state index contributed by atoms with van der Waals surface area (Å²) in [5.41, 5.74) is 0.0328. The summed E-state index contributed by atoms with van der Waals surface area (Å²) in [7, 11) is 0. The summed E-state index contributed by atoms with van der Waals surface area (Å²) in [6.07, 6.45) is 8.56. The van der Waals surface area contributed by atoms with Crippen LogP contribution in [0.3, 0.4) is 0 Å². The number of hydrogen-bond donors (Lipinski definition) is 2. The van der Waals surface area contributed by atoms with E-state index in [1.807, 2.05) is 13.8 Å². The summed E-state index contributed by atoms with van der Waals surface area (Å²) in [6.45, 7) is 3.75. The molecule has 0 radical (unpaired) electrons. The van der Waals surface area contributed by atoms with E-state index in [0.717, 1.165) is 37.0 Å². The van der Waals surface area contributed by atoms with E-state index < -0.39 is 11.9 Å². The third-order valence-electron chi connectivity index (χ3n) is 6.35. The molecule has 0 aliphatic heterocycles. The Balaban J connectivity index is 1.60. The number of nitrogens with one attached hydrogen (secondary N) is 1. The molecule has 1 amide bonds. The largest absolute Gasteiger partial charge is 0.481 e. The highest BCUT2D eigenvalue weighted by atomic mass is 16.4. The van der Waals surface area contributed by atoms with Crippen LogP contribution in [0, 0.1) is 29.6 Å². The first kappa shape index (κ1) is 15.8. The Bertz CT molecular complexity index is 424. The monoisotopic (exact) mass is 307 g/mol. The second-order valence-electron chi connectivity index (χ2n) is 8.27.